The Morgan fingerprint density at radius 2 is 1.75 bits per heavy atom. The van der Waals surface area contributed by atoms with Crippen LogP contribution in [0.15, 0.2) is 24.3 Å². The van der Waals surface area contributed by atoms with Crippen molar-refractivity contribution >= 4 is 0 Å². The van der Waals surface area contributed by atoms with Gasteiger partial charge in [0.05, 0.1) is 6.10 Å². The molecule has 2 rings (SSSR count). The van der Waals surface area contributed by atoms with Crippen molar-refractivity contribution < 1.29 is 10.2 Å². The molecule has 1 fully saturated rings. The van der Waals surface area contributed by atoms with Crippen molar-refractivity contribution in [2.45, 2.75) is 57.6 Å². The number of phenols is 1. The monoisotopic (exact) mass is 277 g/mol. The quantitative estimate of drug-likeness (QED) is 0.869. The minimum Gasteiger partial charge on any atom is -0.508 e. The van der Waals surface area contributed by atoms with E-state index in [0.29, 0.717) is 6.42 Å². The van der Waals surface area contributed by atoms with Gasteiger partial charge in [-0.3, -0.25) is 4.90 Å². The molecule has 1 heterocycles. The summed E-state index contributed by atoms with van der Waals surface area (Å²) in [6.07, 6.45) is 5.00. The minimum absolute atomic E-state index is 0.154. The van der Waals surface area contributed by atoms with Gasteiger partial charge in [-0.05, 0) is 57.0 Å². The van der Waals surface area contributed by atoms with Crippen molar-refractivity contribution in [1.29, 1.82) is 0 Å². The molecule has 0 aliphatic carbocycles. The van der Waals surface area contributed by atoms with E-state index in [-0.39, 0.29) is 17.4 Å². The third-order valence-corrected chi connectivity index (χ3v) is 4.88. The van der Waals surface area contributed by atoms with Gasteiger partial charge in [-0.2, -0.15) is 0 Å². The summed E-state index contributed by atoms with van der Waals surface area (Å²) in [6, 6.07) is 7.16. The maximum Gasteiger partial charge on any atom is 0.115 e. The number of nitrogens with zero attached hydrogens (tertiary/aromatic N) is 1. The number of hydrogen-bond donors (Lipinski definition) is 2. The third-order valence-electron chi connectivity index (χ3n) is 4.88. The summed E-state index contributed by atoms with van der Waals surface area (Å²) in [5.41, 5.74) is 0.921. The van der Waals surface area contributed by atoms with Gasteiger partial charge >= 0.3 is 0 Å². The molecule has 1 aromatic carbocycles. The first-order chi connectivity index (χ1) is 9.56. The van der Waals surface area contributed by atoms with Gasteiger partial charge in [-0.1, -0.05) is 25.5 Å². The molecule has 3 nitrogen and oxygen atoms in total. The first-order valence-corrected chi connectivity index (χ1v) is 7.77. The fourth-order valence-corrected chi connectivity index (χ4v) is 3.15. The summed E-state index contributed by atoms with van der Waals surface area (Å²) in [5.74, 6) is 0.275. The number of rotatable bonds is 5. The van der Waals surface area contributed by atoms with Crippen LogP contribution in [0.2, 0.25) is 0 Å². The second-order valence-electron chi connectivity index (χ2n) is 6.14. The Labute approximate surface area is 122 Å². The van der Waals surface area contributed by atoms with E-state index < -0.39 is 0 Å². The van der Waals surface area contributed by atoms with Crippen molar-refractivity contribution in [3.05, 3.63) is 29.8 Å². The lowest BCUT2D eigenvalue weighted by atomic mass is 9.84. The number of phenolic OH excluding ortho intramolecular Hbond substituents is 1. The third kappa shape index (κ3) is 3.33. The van der Waals surface area contributed by atoms with Gasteiger partial charge in [-0.25, -0.2) is 0 Å². The Hall–Kier alpha value is -1.06. The normalized spacial score (nSPS) is 21.4. The van der Waals surface area contributed by atoms with Crippen LogP contribution in [0, 0.1) is 0 Å². The van der Waals surface area contributed by atoms with Crippen LogP contribution in [0.1, 0.15) is 45.1 Å². The van der Waals surface area contributed by atoms with Gasteiger partial charge in [0.2, 0.25) is 0 Å². The van der Waals surface area contributed by atoms with Crippen molar-refractivity contribution in [3.8, 4) is 5.75 Å². The standard InChI is InChI=1S/C17H27NO2/c1-3-17(2,18-11-5-4-6-12-18)16(20)13-14-7-9-15(19)10-8-14/h7-10,16,19-20H,3-6,11-13H2,1-2H3. The molecule has 0 spiro atoms. The second-order valence-corrected chi connectivity index (χ2v) is 6.14. The van der Waals surface area contributed by atoms with E-state index in [2.05, 4.69) is 18.7 Å². The summed E-state index contributed by atoms with van der Waals surface area (Å²) < 4.78 is 0. The number of benzene rings is 1. The van der Waals surface area contributed by atoms with E-state index in [1.165, 1.54) is 19.3 Å². The smallest absolute Gasteiger partial charge is 0.115 e. The van der Waals surface area contributed by atoms with Gasteiger partial charge < -0.3 is 10.2 Å². The van der Waals surface area contributed by atoms with Crippen molar-refractivity contribution in [3.63, 3.8) is 0 Å². The molecular weight excluding hydrogens is 250 g/mol. The lowest BCUT2D eigenvalue weighted by Crippen LogP contribution is -2.56. The predicted octanol–water partition coefficient (Wildman–Crippen LogP) is 2.95. The number of aliphatic hydroxyl groups excluding tert-OH is 1. The topological polar surface area (TPSA) is 43.7 Å². The van der Waals surface area contributed by atoms with E-state index in [9.17, 15) is 10.2 Å². The zero-order valence-electron chi connectivity index (χ0n) is 12.7. The van der Waals surface area contributed by atoms with Gasteiger partial charge in [0, 0.05) is 12.0 Å². The van der Waals surface area contributed by atoms with Crippen LogP contribution in [0.25, 0.3) is 0 Å². The van der Waals surface area contributed by atoms with E-state index >= 15 is 0 Å². The van der Waals surface area contributed by atoms with Crippen LogP contribution in [-0.2, 0) is 6.42 Å². The number of piperidine rings is 1. The van der Waals surface area contributed by atoms with Gasteiger partial charge in [0.15, 0.2) is 0 Å². The molecule has 20 heavy (non-hydrogen) atoms. The Kier molecular flexibility index (Phi) is 5.06. The first-order valence-electron chi connectivity index (χ1n) is 7.77. The van der Waals surface area contributed by atoms with Crippen LogP contribution < -0.4 is 0 Å². The first kappa shape index (κ1) is 15.3. The number of aliphatic hydroxyl groups is 1. The predicted molar refractivity (Wildman–Crippen MR) is 81.9 cm³/mol. The van der Waals surface area contributed by atoms with E-state index in [0.717, 1.165) is 25.1 Å². The number of hydrogen-bond acceptors (Lipinski definition) is 3. The van der Waals surface area contributed by atoms with Crippen molar-refractivity contribution in [2.75, 3.05) is 13.1 Å². The summed E-state index contributed by atoms with van der Waals surface area (Å²) in [7, 11) is 0. The molecule has 0 saturated carbocycles. The maximum absolute atomic E-state index is 10.7. The van der Waals surface area contributed by atoms with Crippen LogP contribution in [0.4, 0.5) is 0 Å². The van der Waals surface area contributed by atoms with Crippen molar-refractivity contribution in [2.24, 2.45) is 0 Å². The molecule has 0 bridgehead atoms. The Morgan fingerprint density at radius 1 is 1.15 bits per heavy atom. The summed E-state index contributed by atoms with van der Waals surface area (Å²) in [6.45, 7) is 6.53. The highest BCUT2D eigenvalue weighted by Gasteiger charge is 2.37. The van der Waals surface area contributed by atoms with Gasteiger partial charge in [-0.15, -0.1) is 0 Å². The van der Waals surface area contributed by atoms with Gasteiger partial charge in [0.1, 0.15) is 5.75 Å². The summed E-state index contributed by atoms with van der Waals surface area (Å²) in [4.78, 5) is 2.46. The highest BCUT2D eigenvalue weighted by molar-refractivity contribution is 5.26. The molecule has 1 saturated heterocycles. The molecule has 0 aromatic heterocycles. The Bertz CT molecular complexity index is 412. The molecule has 2 atom stereocenters. The largest absolute Gasteiger partial charge is 0.508 e. The fraction of sp³-hybridized carbons (Fsp3) is 0.647. The van der Waals surface area contributed by atoms with Gasteiger partial charge in [0.25, 0.3) is 0 Å². The Balaban J connectivity index is 2.07. The minimum atomic E-state index is -0.379. The highest BCUT2D eigenvalue weighted by atomic mass is 16.3. The number of aromatic hydroxyl groups is 1. The molecule has 0 amide bonds. The molecule has 1 aromatic rings. The van der Waals surface area contributed by atoms with Crippen LogP contribution in [0.3, 0.4) is 0 Å². The van der Waals surface area contributed by atoms with Crippen LogP contribution >= 0.6 is 0 Å². The average Bonchev–Trinajstić information content (AvgIpc) is 2.49. The Morgan fingerprint density at radius 3 is 2.30 bits per heavy atom. The molecule has 3 heteroatoms. The molecule has 2 N–H and O–H groups in total. The number of likely N-dealkylation sites (tertiary alicyclic amines) is 1. The van der Waals surface area contributed by atoms with Crippen LogP contribution in [-0.4, -0.2) is 39.8 Å². The molecule has 1 aliphatic rings. The zero-order chi connectivity index (χ0) is 14.6. The molecular formula is C17H27NO2. The SMILES string of the molecule is CCC(C)(C(O)Cc1ccc(O)cc1)N1CCCCC1. The van der Waals surface area contributed by atoms with E-state index in [4.69, 9.17) is 0 Å². The lowest BCUT2D eigenvalue weighted by Gasteiger charge is -2.46. The molecule has 1 aliphatic heterocycles. The second kappa shape index (κ2) is 6.59. The van der Waals surface area contributed by atoms with Crippen molar-refractivity contribution in [1.82, 2.24) is 4.90 Å². The zero-order valence-corrected chi connectivity index (χ0v) is 12.7. The molecule has 0 radical (unpaired) electrons. The highest BCUT2D eigenvalue weighted by Crippen LogP contribution is 2.29. The summed E-state index contributed by atoms with van der Waals surface area (Å²) in [5, 5.41) is 20.1. The average molecular weight is 277 g/mol. The fourth-order valence-electron chi connectivity index (χ4n) is 3.15. The maximum atomic E-state index is 10.7. The van der Waals surface area contributed by atoms with E-state index in [1.807, 2.05) is 12.1 Å². The molecule has 112 valence electrons. The van der Waals surface area contributed by atoms with E-state index in [1.54, 1.807) is 12.1 Å². The lowest BCUT2D eigenvalue weighted by molar-refractivity contribution is -0.0328. The summed E-state index contributed by atoms with van der Waals surface area (Å²) >= 11 is 0. The molecule has 2 unspecified atom stereocenters. The van der Waals surface area contributed by atoms with Crippen LogP contribution in [0.5, 0.6) is 5.75 Å².